The molecule has 2 N–H and O–H groups in total. The SMILES string of the molecule is COc1cc(Nc2nc(C(=O)O)c(C)s2)c(OC)cc1Cl. The molecule has 0 aliphatic heterocycles. The lowest BCUT2D eigenvalue weighted by atomic mass is 10.2. The van der Waals surface area contributed by atoms with Crippen molar-refractivity contribution < 1.29 is 19.4 Å². The first-order valence-electron chi connectivity index (χ1n) is 5.85. The third-order valence-electron chi connectivity index (χ3n) is 2.71. The van der Waals surface area contributed by atoms with Crippen LogP contribution in [0.15, 0.2) is 12.1 Å². The molecule has 0 saturated heterocycles. The van der Waals surface area contributed by atoms with Crippen LogP contribution in [0.5, 0.6) is 11.5 Å². The second-order valence-corrected chi connectivity index (χ2v) is 5.65. The number of carboxylic acids is 1. The first-order chi connectivity index (χ1) is 9.96. The van der Waals surface area contributed by atoms with Gasteiger partial charge in [-0.15, -0.1) is 11.3 Å². The second kappa shape index (κ2) is 6.19. The Balaban J connectivity index is 2.38. The Morgan fingerprint density at radius 2 is 2.00 bits per heavy atom. The van der Waals surface area contributed by atoms with Gasteiger partial charge in [-0.05, 0) is 6.92 Å². The number of aryl methyl sites for hydroxylation is 1. The maximum Gasteiger partial charge on any atom is 0.355 e. The Morgan fingerprint density at radius 1 is 1.33 bits per heavy atom. The Bertz CT molecular complexity index is 687. The number of anilines is 2. The van der Waals surface area contributed by atoms with E-state index in [-0.39, 0.29) is 5.69 Å². The highest BCUT2D eigenvalue weighted by Crippen LogP contribution is 2.38. The number of aromatic carboxylic acids is 1. The summed E-state index contributed by atoms with van der Waals surface area (Å²) in [4.78, 5) is 15.7. The summed E-state index contributed by atoms with van der Waals surface area (Å²) >= 11 is 7.27. The second-order valence-electron chi connectivity index (χ2n) is 4.04. The molecule has 1 aromatic carbocycles. The Labute approximate surface area is 130 Å². The molecule has 0 fully saturated rings. The van der Waals surface area contributed by atoms with Crippen LogP contribution in [-0.2, 0) is 0 Å². The Hall–Kier alpha value is -1.99. The smallest absolute Gasteiger partial charge is 0.355 e. The number of ether oxygens (including phenoxy) is 2. The van der Waals surface area contributed by atoms with Gasteiger partial charge in [0.25, 0.3) is 0 Å². The number of carbonyl (C=O) groups is 1. The summed E-state index contributed by atoms with van der Waals surface area (Å²) in [6, 6.07) is 3.28. The van der Waals surface area contributed by atoms with E-state index < -0.39 is 5.97 Å². The Morgan fingerprint density at radius 3 is 2.52 bits per heavy atom. The molecular formula is C13H13ClN2O4S. The highest BCUT2D eigenvalue weighted by atomic mass is 35.5. The lowest BCUT2D eigenvalue weighted by Gasteiger charge is -2.12. The van der Waals surface area contributed by atoms with Crippen LogP contribution in [0.25, 0.3) is 0 Å². The van der Waals surface area contributed by atoms with E-state index in [0.29, 0.717) is 32.2 Å². The van der Waals surface area contributed by atoms with Crippen molar-refractivity contribution in [2.45, 2.75) is 6.92 Å². The number of nitrogens with one attached hydrogen (secondary N) is 1. The predicted octanol–water partition coefficient (Wildman–Crippen LogP) is 3.56. The van der Waals surface area contributed by atoms with E-state index in [1.807, 2.05) is 0 Å². The van der Waals surface area contributed by atoms with Gasteiger partial charge in [0, 0.05) is 17.0 Å². The fourth-order valence-corrected chi connectivity index (χ4v) is 2.77. The van der Waals surface area contributed by atoms with E-state index in [0.717, 1.165) is 0 Å². The van der Waals surface area contributed by atoms with Gasteiger partial charge in [-0.1, -0.05) is 11.6 Å². The summed E-state index contributed by atoms with van der Waals surface area (Å²) in [5, 5.41) is 12.9. The molecule has 8 heteroatoms. The van der Waals surface area contributed by atoms with Crippen molar-refractivity contribution in [1.29, 1.82) is 0 Å². The lowest BCUT2D eigenvalue weighted by Crippen LogP contribution is -2.00. The first-order valence-corrected chi connectivity index (χ1v) is 7.05. The number of nitrogens with zero attached hydrogens (tertiary/aromatic N) is 1. The number of methoxy groups -OCH3 is 2. The number of hydrogen-bond donors (Lipinski definition) is 2. The van der Waals surface area contributed by atoms with Crippen molar-refractivity contribution >= 4 is 39.7 Å². The molecule has 0 bridgehead atoms. The van der Waals surface area contributed by atoms with Gasteiger partial charge >= 0.3 is 5.97 Å². The van der Waals surface area contributed by atoms with Crippen molar-refractivity contribution in [2.24, 2.45) is 0 Å². The quantitative estimate of drug-likeness (QED) is 0.873. The van der Waals surface area contributed by atoms with Crippen molar-refractivity contribution in [1.82, 2.24) is 4.98 Å². The number of aromatic nitrogens is 1. The van der Waals surface area contributed by atoms with Gasteiger partial charge in [0.2, 0.25) is 0 Å². The standard InChI is InChI=1S/C13H13ClN2O4S/c1-6-11(12(17)18)16-13(21-6)15-8-5-9(19-2)7(14)4-10(8)20-3/h4-5H,1-3H3,(H,15,16)(H,17,18). The van der Waals surface area contributed by atoms with E-state index in [9.17, 15) is 4.79 Å². The molecule has 21 heavy (non-hydrogen) atoms. The molecule has 0 aliphatic rings. The summed E-state index contributed by atoms with van der Waals surface area (Å²) in [5.74, 6) is -0.0744. The van der Waals surface area contributed by atoms with Crippen LogP contribution in [0, 0.1) is 6.92 Å². The number of benzene rings is 1. The van der Waals surface area contributed by atoms with Crippen molar-refractivity contribution in [2.75, 3.05) is 19.5 Å². The summed E-state index contributed by atoms with van der Waals surface area (Å²) in [7, 11) is 3.02. The molecule has 6 nitrogen and oxygen atoms in total. The molecule has 0 saturated carbocycles. The zero-order valence-electron chi connectivity index (χ0n) is 11.6. The van der Waals surface area contributed by atoms with Gasteiger partial charge in [-0.25, -0.2) is 9.78 Å². The van der Waals surface area contributed by atoms with Crippen LogP contribution in [0.2, 0.25) is 5.02 Å². The van der Waals surface area contributed by atoms with E-state index in [1.54, 1.807) is 19.1 Å². The van der Waals surface area contributed by atoms with Crippen LogP contribution in [-0.4, -0.2) is 30.3 Å². The van der Waals surface area contributed by atoms with Crippen LogP contribution in [0.4, 0.5) is 10.8 Å². The summed E-state index contributed by atoms with van der Waals surface area (Å²) < 4.78 is 10.4. The van der Waals surface area contributed by atoms with Gasteiger partial charge in [-0.2, -0.15) is 0 Å². The van der Waals surface area contributed by atoms with Gasteiger partial charge in [0.1, 0.15) is 11.5 Å². The minimum atomic E-state index is -1.06. The summed E-state index contributed by atoms with van der Waals surface area (Å²) in [5.41, 5.74) is 0.617. The third kappa shape index (κ3) is 3.20. The zero-order chi connectivity index (χ0) is 15.6. The van der Waals surface area contributed by atoms with Gasteiger partial charge in [-0.3, -0.25) is 0 Å². The Kier molecular flexibility index (Phi) is 4.54. The molecule has 0 spiro atoms. The van der Waals surface area contributed by atoms with Crippen LogP contribution in [0.3, 0.4) is 0 Å². The average molecular weight is 329 g/mol. The monoisotopic (exact) mass is 328 g/mol. The van der Waals surface area contributed by atoms with Crippen molar-refractivity contribution in [3.63, 3.8) is 0 Å². The molecule has 2 rings (SSSR count). The molecule has 0 atom stereocenters. The highest BCUT2D eigenvalue weighted by molar-refractivity contribution is 7.15. The largest absolute Gasteiger partial charge is 0.495 e. The number of thiazole rings is 1. The molecule has 1 aromatic heterocycles. The van der Waals surface area contributed by atoms with Gasteiger partial charge in [0.15, 0.2) is 10.8 Å². The summed E-state index contributed by atoms with van der Waals surface area (Å²) in [6.45, 7) is 1.70. The highest BCUT2D eigenvalue weighted by Gasteiger charge is 2.16. The van der Waals surface area contributed by atoms with Crippen molar-refractivity contribution in [3.8, 4) is 11.5 Å². The van der Waals surface area contributed by atoms with E-state index in [1.165, 1.54) is 25.6 Å². The lowest BCUT2D eigenvalue weighted by molar-refractivity contribution is 0.0690. The molecule has 0 radical (unpaired) electrons. The number of rotatable bonds is 5. The van der Waals surface area contributed by atoms with Crippen molar-refractivity contribution in [3.05, 3.63) is 27.7 Å². The average Bonchev–Trinajstić information content (AvgIpc) is 2.81. The van der Waals surface area contributed by atoms with E-state index in [4.69, 9.17) is 26.2 Å². The molecule has 2 aromatic rings. The summed E-state index contributed by atoms with van der Waals surface area (Å²) in [6.07, 6.45) is 0. The van der Waals surface area contributed by atoms with Crippen LogP contribution >= 0.6 is 22.9 Å². The van der Waals surface area contributed by atoms with Crippen LogP contribution in [0.1, 0.15) is 15.4 Å². The topological polar surface area (TPSA) is 80.7 Å². The van der Waals surface area contributed by atoms with E-state index in [2.05, 4.69) is 10.3 Å². The van der Waals surface area contributed by atoms with Gasteiger partial charge < -0.3 is 19.9 Å². The van der Waals surface area contributed by atoms with E-state index >= 15 is 0 Å². The molecule has 1 heterocycles. The molecule has 0 amide bonds. The molecular weight excluding hydrogens is 316 g/mol. The molecule has 112 valence electrons. The number of carboxylic acid groups (broad SMARTS) is 1. The maximum absolute atomic E-state index is 11.0. The number of hydrogen-bond acceptors (Lipinski definition) is 6. The van der Waals surface area contributed by atoms with Gasteiger partial charge in [0.05, 0.1) is 24.9 Å². The van der Waals surface area contributed by atoms with Crippen LogP contribution < -0.4 is 14.8 Å². The fraction of sp³-hybridized carbons (Fsp3) is 0.231. The molecule has 0 unspecified atom stereocenters. The minimum Gasteiger partial charge on any atom is -0.495 e. The normalized spacial score (nSPS) is 10.3. The predicted molar refractivity (Wildman–Crippen MR) is 81.6 cm³/mol. The number of halogens is 1. The third-order valence-corrected chi connectivity index (χ3v) is 3.90. The minimum absolute atomic E-state index is 0.0300. The maximum atomic E-state index is 11.0. The molecule has 0 aliphatic carbocycles. The fourth-order valence-electron chi connectivity index (χ4n) is 1.72. The first kappa shape index (κ1) is 15.4. The zero-order valence-corrected chi connectivity index (χ0v) is 13.1.